The second kappa shape index (κ2) is 61.4. The number of rotatable bonds is 59. The summed E-state index contributed by atoms with van der Waals surface area (Å²) in [4.78, 5) is 24.5. The number of ether oxygens (including phenoxy) is 1. The number of allylic oxidation sites excluding steroid dienone is 7. The highest BCUT2D eigenvalue weighted by Crippen LogP contribution is 2.16. The minimum atomic E-state index is -0.844. The van der Waals surface area contributed by atoms with Gasteiger partial charge in [-0.15, -0.1) is 0 Å². The van der Waals surface area contributed by atoms with Crippen LogP contribution in [0.5, 0.6) is 0 Å². The maximum atomic E-state index is 12.4. The lowest BCUT2D eigenvalue weighted by atomic mass is 10.0. The van der Waals surface area contributed by atoms with Crippen LogP contribution in [0, 0.1) is 0 Å². The number of aliphatic hydroxyl groups excluding tert-OH is 2. The first-order chi connectivity index (χ1) is 35.5. The summed E-state index contributed by atoms with van der Waals surface area (Å²) < 4.78 is 5.48. The maximum Gasteiger partial charge on any atom is 0.305 e. The average Bonchev–Trinajstić information content (AvgIpc) is 3.38. The lowest BCUT2D eigenvalue weighted by Crippen LogP contribution is -2.45. The molecule has 0 radical (unpaired) electrons. The van der Waals surface area contributed by atoms with Gasteiger partial charge in [-0.3, -0.25) is 9.59 Å². The molecule has 0 bridgehead atoms. The zero-order valence-electron chi connectivity index (χ0n) is 48.2. The first-order valence-corrected chi connectivity index (χ1v) is 31.9. The molecule has 0 spiro atoms. The van der Waals surface area contributed by atoms with Crippen LogP contribution in [0.4, 0.5) is 0 Å². The van der Waals surface area contributed by atoms with Crippen LogP contribution in [0.2, 0.25) is 0 Å². The molecule has 6 heteroatoms. The van der Waals surface area contributed by atoms with E-state index in [0.29, 0.717) is 19.4 Å². The summed E-state index contributed by atoms with van der Waals surface area (Å²) in [5.41, 5.74) is 0. The van der Waals surface area contributed by atoms with Crippen LogP contribution in [0.25, 0.3) is 0 Å². The fraction of sp³-hybridized carbons (Fsp3) is 0.848. The molecule has 72 heavy (non-hydrogen) atoms. The summed E-state index contributed by atoms with van der Waals surface area (Å²) in [6.45, 7) is 4.88. The quantitative estimate of drug-likeness (QED) is 0.0320. The van der Waals surface area contributed by atoms with E-state index in [-0.39, 0.29) is 18.5 Å². The lowest BCUT2D eigenvalue weighted by molar-refractivity contribution is -0.143. The number of esters is 1. The van der Waals surface area contributed by atoms with E-state index < -0.39 is 12.1 Å². The third kappa shape index (κ3) is 57.1. The number of carbonyl (C=O) groups is 2. The van der Waals surface area contributed by atoms with Crippen LogP contribution < -0.4 is 5.32 Å². The maximum absolute atomic E-state index is 12.4. The zero-order chi connectivity index (χ0) is 52.2. The molecular formula is C66H123NO5. The van der Waals surface area contributed by atoms with E-state index in [4.69, 9.17) is 4.74 Å². The summed E-state index contributed by atoms with van der Waals surface area (Å²) >= 11 is 0. The summed E-state index contributed by atoms with van der Waals surface area (Å²) in [6.07, 6.45) is 78.9. The van der Waals surface area contributed by atoms with Crippen molar-refractivity contribution in [2.45, 2.75) is 347 Å². The summed E-state index contributed by atoms with van der Waals surface area (Å²) in [5.74, 6) is -0.0669. The number of hydrogen-bond donors (Lipinski definition) is 3. The molecule has 2 unspecified atom stereocenters. The van der Waals surface area contributed by atoms with Gasteiger partial charge in [0.1, 0.15) is 0 Å². The van der Waals surface area contributed by atoms with Crippen molar-refractivity contribution < 1.29 is 24.5 Å². The van der Waals surface area contributed by atoms with Crippen LogP contribution in [0.3, 0.4) is 0 Å². The number of nitrogens with one attached hydrogen (secondary N) is 1. The van der Waals surface area contributed by atoms with Gasteiger partial charge < -0.3 is 20.3 Å². The van der Waals surface area contributed by atoms with E-state index in [1.54, 1.807) is 6.08 Å². The van der Waals surface area contributed by atoms with E-state index in [1.807, 2.05) is 6.08 Å². The van der Waals surface area contributed by atoms with E-state index >= 15 is 0 Å². The van der Waals surface area contributed by atoms with Gasteiger partial charge in [0.05, 0.1) is 25.4 Å². The molecule has 0 aliphatic heterocycles. The average molecular weight is 1010 g/mol. The standard InChI is InChI=1S/C66H123NO5/c1-3-5-7-9-11-13-15-16-17-34-37-40-44-48-52-56-60-66(71)72-61-57-53-49-45-41-38-35-32-30-28-26-24-22-20-18-19-21-23-25-27-29-31-33-36-39-43-47-51-55-59-65(70)67-63(62-68)64(69)58-54-50-46-42-14-12-10-8-6-4-2/h17-18,20,24,26,34,54,58,63-64,68-69H,3-16,19,21-23,25,27-33,35-53,55-57,59-62H2,1-2H3,(H,67,70)/b20-18-,26-24-,34-17-,58-54+. The van der Waals surface area contributed by atoms with E-state index in [0.717, 1.165) is 51.4 Å². The Bertz CT molecular complexity index is 1210. The predicted molar refractivity (Wildman–Crippen MR) is 315 cm³/mol. The van der Waals surface area contributed by atoms with Crippen LogP contribution >= 0.6 is 0 Å². The highest BCUT2D eigenvalue weighted by atomic mass is 16.5. The van der Waals surface area contributed by atoms with Gasteiger partial charge in [-0.05, 0) is 89.9 Å². The van der Waals surface area contributed by atoms with Crippen molar-refractivity contribution in [2.75, 3.05) is 13.2 Å². The molecule has 1 amide bonds. The van der Waals surface area contributed by atoms with Gasteiger partial charge in [0.2, 0.25) is 5.91 Å². The first-order valence-electron chi connectivity index (χ1n) is 31.9. The van der Waals surface area contributed by atoms with Gasteiger partial charge in [-0.2, -0.15) is 0 Å². The van der Waals surface area contributed by atoms with Crippen molar-refractivity contribution in [1.82, 2.24) is 5.32 Å². The minimum Gasteiger partial charge on any atom is -0.466 e. The van der Waals surface area contributed by atoms with Crippen molar-refractivity contribution in [3.8, 4) is 0 Å². The van der Waals surface area contributed by atoms with Gasteiger partial charge in [0, 0.05) is 12.8 Å². The Morgan fingerprint density at radius 1 is 0.389 bits per heavy atom. The van der Waals surface area contributed by atoms with E-state index in [2.05, 4.69) is 55.6 Å². The SMILES string of the molecule is CCCCCCCCC/C=C\CCCCCCCC(=O)OCCCCCCCCCCC/C=C\C/C=C\CCCCCCCCCCCCCCCC(=O)NC(CO)C(O)/C=C/CCCCCCCCCC. The molecule has 3 N–H and O–H groups in total. The Hall–Kier alpha value is -2.18. The summed E-state index contributed by atoms with van der Waals surface area (Å²) in [7, 11) is 0. The Balaban J connectivity index is 3.40. The predicted octanol–water partition coefficient (Wildman–Crippen LogP) is 20.1. The molecule has 0 rings (SSSR count). The first kappa shape index (κ1) is 69.8. The van der Waals surface area contributed by atoms with Crippen LogP contribution in [-0.4, -0.2) is 47.4 Å². The smallest absolute Gasteiger partial charge is 0.305 e. The minimum absolute atomic E-state index is 0.00397. The number of carbonyl (C=O) groups excluding carboxylic acids is 2. The zero-order valence-corrected chi connectivity index (χ0v) is 48.2. The molecule has 0 aliphatic rings. The molecule has 0 aromatic rings. The fourth-order valence-electron chi connectivity index (χ4n) is 9.66. The number of amides is 1. The van der Waals surface area contributed by atoms with Crippen LogP contribution in [0.1, 0.15) is 335 Å². The molecule has 422 valence electrons. The molecule has 0 heterocycles. The highest BCUT2D eigenvalue weighted by molar-refractivity contribution is 5.76. The monoisotopic (exact) mass is 1010 g/mol. The van der Waals surface area contributed by atoms with Crippen molar-refractivity contribution >= 4 is 11.9 Å². The second-order valence-electron chi connectivity index (χ2n) is 21.7. The van der Waals surface area contributed by atoms with Gasteiger partial charge in [-0.1, -0.05) is 281 Å². The molecule has 0 fully saturated rings. The normalized spacial score (nSPS) is 12.9. The molecule has 6 nitrogen and oxygen atoms in total. The summed E-state index contributed by atoms with van der Waals surface area (Å²) in [6, 6.07) is -0.627. The highest BCUT2D eigenvalue weighted by Gasteiger charge is 2.18. The third-order valence-corrected chi connectivity index (χ3v) is 14.6. The second-order valence-corrected chi connectivity index (χ2v) is 21.7. The molecule has 0 saturated heterocycles. The van der Waals surface area contributed by atoms with Crippen molar-refractivity contribution in [3.05, 3.63) is 48.6 Å². The van der Waals surface area contributed by atoms with Crippen molar-refractivity contribution in [1.29, 1.82) is 0 Å². The van der Waals surface area contributed by atoms with E-state index in [9.17, 15) is 19.8 Å². The van der Waals surface area contributed by atoms with Crippen molar-refractivity contribution in [2.24, 2.45) is 0 Å². The molecular weight excluding hydrogens is 887 g/mol. The number of hydrogen-bond acceptors (Lipinski definition) is 5. The fourth-order valence-corrected chi connectivity index (χ4v) is 9.66. The van der Waals surface area contributed by atoms with Gasteiger partial charge in [0.15, 0.2) is 0 Å². The Labute approximate surface area is 448 Å². The number of aliphatic hydroxyl groups is 2. The molecule has 0 aromatic carbocycles. The topological polar surface area (TPSA) is 95.9 Å². The number of unbranched alkanes of at least 4 members (excludes halogenated alkanes) is 42. The Morgan fingerprint density at radius 2 is 0.694 bits per heavy atom. The lowest BCUT2D eigenvalue weighted by Gasteiger charge is -2.20. The molecule has 0 saturated carbocycles. The van der Waals surface area contributed by atoms with Crippen molar-refractivity contribution in [3.63, 3.8) is 0 Å². The molecule has 0 aliphatic carbocycles. The van der Waals surface area contributed by atoms with Gasteiger partial charge >= 0.3 is 5.97 Å². The Morgan fingerprint density at radius 3 is 1.07 bits per heavy atom. The van der Waals surface area contributed by atoms with Gasteiger partial charge in [-0.25, -0.2) is 0 Å². The summed E-state index contributed by atoms with van der Waals surface area (Å²) in [5, 5.41) is 23.0. The molecule has 0 aromatic heterocycles. The largest absolute Gasteiger partial charge is 0.466 e. The Kier molecular flexibility index (Phi) is 59.5. The molecule has 2 atom stereocenters. The van der Waals surface area contributed by atoms with E-state index in [1.165, 1.54) is 257 Å². The van der Waals surface area contributed by atoms with Crippen LogP contribution in [-0.2, 0) is 14.3 Å². The van der Waals surface area contributed by atoms with Crippen LogP contribution in [0.15, 0.2) is 48.6 Å². The third-order valence-electron chi connectivity index (χ3n) is 14.6. The van der Waals surface area contributed by atoms with Gasteiger partial charge in [0.25, 0.3) is 0 Å².